The zero-order valence-electron chi connectivity index (χ0n) is 15.3. The molecule has 0 fully saturated rings. The highest BCUT2D eigenvalue weighted by Crippen LogP contribution is 2.32. The Kier molecular flexibility index (Phi) is 12.0. The molecule has 0 bridgehead atoms. The third-order valence-electron chi connectivity index (χ3n) is 3.66. The molecule has 0 heterocycles. The Morgan fingerprint density at radius 3 is 2.35 bits per heavy atom. The zero-order chi connectivity index (χ0) is 17.4. The van der Waals surface area contributed by atoms with Crippen LogP contribution in [-0.4, -0.2) is 39.2 Å². The van der Waals surface area contributed by atoms with Crippen molar-refractivity contribution < 1.29 is 38.7 Å². The molecule has 0 spiro atoms. The zero-order valence-corrected chi connectivity index (χ0v) is 16.8. The van der Waals surface area contributed by atoms with E-state index in [9.17, 15) is 4.39 Å². The first kappa shape index (κ1) is 24.5. The number of rotatable bonds is 9. The summed E-state index contributed by atoms with van der Waals surface area (Å²) in [4.78, 5) is 2.12. The molecule has 0 atom stereocenters. The van der Waals surface area contributed by atoms with Gasteiger partial charge in [0.05, 0.1) is 7.11 Å². The monoisotopic (exact) mass is 402 g/mol. The Labute approximate surface area is 167 Å². The number of hydrogen-bond acceptors (Lipinski definition) is 4. The van der Waals surface area contributed by atoms with Crippen molar-refractivity contribution in [2.45, 2.75) is 13.2 Å². The minimum Gasteiger partial charge on any atom is -1.00 e. The van der Waals surface area contributed by atoms with Gasteiger partial charge in [0.1, 0.15) is 12.4 Å². The van der Waals surface area contributed by atoms with Crippen molar-refractivity contribution in [3.63, 3.8) is 0 Å². The van der Waals surface area contributed by atoms with E-state index >= 15 is 0 Å². The maximum absolute atomic E-state index is 13.8. The van der Waals surface area contributed by atoms with E-state index in [0.29, 0.717) is 23.6 Å². The lowest BCUT2D eigenvalue weighted by atomic mass is 10.1. The molecule has 26 heavy (non-hydrogen) atoms. The molecule has 0 amide bonds. The topological polar surface area (TPSA) is 33.7 Å². The second kappa shape index (κ2) is 12.8. The largest absolute Gasteiger partial charge is 1.00 e. The van der Waals surface area contributed by atoms with E-state index in [-0.39, 0.29) is 37.2 Å². The lowest BCUT2D eigenvalue weighted by Crippen LogP contribution is -3.00. The van der Waals surface area contributed by atoms with E-state index in [2.05, 4.69) is 10.2 Å². The van der Waals surface area contributed by atoms with E-state index in [1.807, 2.05) is 32.3 Å². The Morgan fingerprint density at radius 2 is 1.69 bits per heavy atom. The Bertz CT molecular complexity index is 657. The summed E-state index contributed by atoms with van der Waals surface area (Å²) in [7, 11) is 5.68. The highest BCUT2D eigenvalue weighted by Gasteiger charge is 2.12. The lowest BCUT2D eigenvalue weighted by molar-refractivity contribution is -0.00100. The molecule has 0 aliphatic heterocycles. The summed E-state index contributed by atoms with van der Waals surface area (Å²) in [6.07, 6.45) is 0. The van der Waals surface area contributed by atoms with Gasteiger partial charge in [-0.15, -0.1) is 0 Å². The highest BCUT2D eigenvalue weighted by molar-refractivity contribution is 5.46. The van der Waals surface area contributed by atoms with Crippen LogP contribution in [0.1, 0.15) is 11.1 Å². The van der Waals surface area contributed by atoms with Gasteiger partial charge in [-0.05, 0) is 26.2 Å². The maximum Gasteiger partial charge on any atom is 0.166 e. The molecular weight excluding hydrogens is 378 g/mol. The summed E-state index contributed by atoms with van der Waals surface area (Å²) >= 11 is 0. The second-order valence-electron chi connectivity index (χ2n) is 5.81. The molecule has 2 aromatic rings. The fourth-order valence-electron chi connectivity index (χ4n) is 2.32. The molecule has 7 heteroatoms. The molecule has 2 aromatic carbocycles. The van der Waals surface area contributed by atoms with Crippen molar-refractivity contribution in [3.05, 3.63) is 59.4 Å². The van der Waals surface area contributed by atoms with Gasteiger partial charge in [0.15, 0.2) is 11.5 Å². The van der Waals surface area contributed by atoms with Crippen LogP contribution in [0.15, 0.2) is 42.5 Å². The number of nitrogens with one attached hydrogen (secondary N) is 1. The van der Waals surface area contributed by atoms with Crippen molar-refractivity contribution in [2.24, 2.45) is 0 Å². The summed E-state index contributed by atoms with van der Waals surface area (Å²) < 4.78 is 25.1. The van der Waals surface area contributed by atoms with Crippen LogP contribution in [0.3, 0.4) is 0 Å². The molecule has 0 saturated heterocycles. The first-order valence-corrected chi connectivity index (χ1v) is 7.99. The number of halogens is 3. The fourth-order valence-corrected chi connectivity index (χ4v) is 2.32. The molecular formula is C19H25Cl2FN2O2-2. The van der Waals surface area contributed by atoms with Crippen LogP contribution in [0.2, 0.25) is 0 Å². The third kappa shape index (κ3) is 7.38. The summed E-state index contributed by atoms with van der Waals surface area (Å²) in [5.41, 5.74) is 1.51. The second-order valence-corrected chi connectivity index (χ2v) is 5.81. The Hall–Kier alpha value is -1.53. The van der Waals surface area contributed by atoms with Crippen molar-refractivity contribution in [2.75, 3.05) is 34.3 Å². The number of benzene rings is 2. The minimum atomic E-state index is -0.266. The smallest absolute Gasteiger partial charge is 0.166 e. The van der Waals surface area contributed by atoms with Gasteiger partial charge in [-0.2, -0.15) is 0 Å². The summed E-state index contributed by atoms with van der Waals surface area (Å²) in [5.74, 6) is 1.04. The molecule has 1 N–H and O–H groups in total. The van der Waals surface area contributed by atoms with Crippen molar-refractivity contribution in [1.82, 2.24) is 10.2 Å². The molecule has 4 nitrogen and oxygen atoms in total. The van der Waals surface area contributed by atoms with Crippen molar-refractivity contribution in [1.29, 1.82) is 0 Å². The average Bonchev–Trinajstić information content (AvgIpc) is 2.58. The minimum absolute atomic E-state index is 0. The van der Waals surface area contributed by atoms with Crippen LogP contribution in [0.4, 0.5) is 4.39 Å². The Morgan fingerprint density at radius 1 is 1.00 bits per heavy atom. The van der Waals surface area contributed by atoms with Crippen LogP contribution >= 0.6 is 0 Å². The average molecular weight is 403 g/mol. The predicted octanol–water partition coefficient (Wildman–Crippen LogP) is -2.93. The number of ether oxygens (including phenoxy) is 2. The molecule has 0 saturated carbocycles. The quantitative estimate of drug-likeness (QED) is 0.455. The molecule has 146 valence electrons. The third-order valence-corrected chi connectivity index (χ3v) is 3.66. The van der Waals surface area contributed by atoms with Gasteiger partial charge in [-0.25, -0.2) is 4.39 Å². The van der Waals surface area contributed by atoms with Crippen molar-refractivity contribution >= 4 is 0 Å². The van der Waals surface area contributed by atoms with E-state index in [1.54, 1.807) is 25.3 Å². The normalized spacial score (nSPS) is 10.0. The number of hydrogen-bond donors (Lipinski definition) is 1. The molecule has 0 aromatic heterocycles. The lowest BCUT2D eigenvalue weighted by Gasteiger charge is -2.16. The first-order valence-electron chi connectivity index (χ1n) is 7.99. The summed E-state index contributed by atoms with van der Waals surface area (Å²) in [6, 6.07) is 12.4. The molecule has 0 aliphatic carbocycles. The Balaban J connectivity index is 0.00000312. The first-order chi connectivity index (χ1) is 11.6. The van der Waals surface area contributed by atoms with E-state index in [4.69, 9.17) is 9.47 Å². The van der Waals surface area contributed by atoms with Gasteiger partial charge >= 0.3 is 0 Å². The van der Waals surface area contributed by atoms with E-state index in [1.165, 1.54) is 6.07 Å². The van der Waals surface area contributed by atoms with Crippen LogP contribution in [0.25, 0.3) is 0 Å². The van der Waals surface area contributed by atoms with Crippen LogP contribution < -0.4 is 39.6 Å². The van der Waals surface area contributed by atoms with Crippen LogP contribution in [-0.2, 0) is 13.2 Å². The van der Waals surface area contributed by atoms with Gasteiger partial charge < -0.3 is 44.5 Å². The van der Waals surface area contributed by atoms with Crippen LogP contribution in [0, 0.1) is 5.82 Å². The number of likely N-dealkylation sites (N-methyl/N-ethyl adjacent to an activating group) is 1. The summed E-state index contributed by atoms with van der Waals surface area (Å²) in [5, 5.41) is 3.38. The number of methoxy groups -OCH3 is 1. The van der Waals surface area contributed by atoms with Crippen molar-refractivity contribution in [3.8, 4) is 11.5 Å². The van der Waals surface area contributed by atoms with Gasteiger partial charge in [-0.3, -0.25) is 0 Å². The van der Waals surface area contributed by atoms with Crippen LogP contribution in [0.5, 0.6) is 11.5 Å². The van der Waals surface area contributed by atoms with E-state index in [0.717, 1.165) is 18.7 Å². The molecule has 0 radical (unpaired) electrons. The predicted molar refractivity (Wildman–Crippen MR) is 94.0 cm³/mol. The molecule has 0 aliphatic rings. The van der Waals surface area contributed by atoms with E-state index < -0.39 is 0 Å². The highest BCUT2D eigenvalue weighted by atomic mass is 35.5. The van der Waals surface area contributed by atoms with Gasteiger partial charge in [-0.1, -0.05) is 30.3 Å². The molecule has 0 unspecified atom stereocenters. The number of para-hydroxylation sites is 1. The van der Waals surface area contributed by atoms with Gasteiger partial charge in [0.2, 0.25) is 0 Å². The van der Waals surface area contributed by atoms with Gasteiger partial charge in [0, 0.05) is 30.8 Å². The van der Waals surface area contributed by atoms with Gasteiger partial charge in [0.25, 0.3) is 0 Å². The fraction of sp³-hybridized carbons (Fsp3) is 0.368. The summed E-state index contributed by atoms with van der Waals surface area (Å²) in [6.45, 7) is 2.65. The standard InChI is InChI=1S/C19H25FN2O2.2ClH/c1-22(2)12-11-21-13-15-8-6-10-18(23-3)19(15)24-14-16-7-4-5-9-17(16)20;;/h4-10,21H,11-14H2,1-3H3;2*1H/p-2. The number of nitrogens with zero attached hydrogens (tertiary/aromatic N) is 1. The maximum atomic E-state index is 13.8. The SMILES string of the molecule is COc1cccc(CNCCN(C)C)c1OCc1ccccc1F.[Cl-].[Cl-]. The molecule has 2 rings (SSSR count).